The second kappa shape index (κ2) is 8.26. The van der Waals surface area contributed by atoms with Crippen LogP contribution in [0.2, 0.25) is 0 Å². The first-order valence-corrected chi connectivity index (χ1v) is 10.1. The van der Waals surface area contributed by atoms with E-state index in [0.29, 0.717) is 23.0 Å². The number of likely N-dealkylation sites (N-methyl/N-ethyl adjacent to an activating group) is 1. The Hall–Kier alpha value is -2.49. The fraction of sp³-hybridized carbons (Fsp3) is 0.318. The quantitative estimate of drug-likeness (QED) is 0.456. The monoisotopic (exact) mass is 396 g/mol. The van der Waals surface area contributed by atoms with Crippen molar-refractivity contribution in [3.8, 4) is 6.07 Å². The van der Waals surface area contributed by atoms with Crippen molar-refractivity contribution in [2.24, 2.45) is 0 Å². The Balaban J connectivity index is 1.89. The molecule has 0 unspecified atom stereocenters. The fourth-order valence-corrected chi connectivity index (χ4v) is 4.63. The number of nitriles is 1. The molecule has 1 atom stereocenters. The number of para-hydroxylation sites is 1. The summed E-state index contributed by atoms with van der Waals surface area (Å²) in [6, 6.07) is 11.3. The highest BCUT2D eigenvalue weighted by Crippen LogP contribution is 2.34. The molecule has 6 heteroatoms. The van der Waals surface area contributed by atoms with Crippen molar-refractivity contribution in [2.75, 3.05) is 12.8 Å². The molecule has 3 aromatic rings. The highest BCUT2D eigenvalue weighted by Gasteiger charge is 2.20. The van der Waals surface area contributed by atoms with E-state index in [-0.39, 0.29) is 11.9 Å². The minimum absolute atomic E-state index is 0.145. The molecular weight excluding hydrogens is 371 g/mol. The number of nitrogens with two attached hydrogens (primary N) is 1. The molecule has 28 heavy (non-hydrogen) atoms. The fourth-order valence-electron chi connectivity index (χ4n) is 3.61. The predicted octanol–water partition coefficient (Wildman–Crippen LogP) is 5.27. The summed E-state index contributed by atoms with van der Waals surface area (Å²) < 4.78 is 18.5. The van der Waals surface area contributed by atoms with Gasteiger partial charge in [-0.15, -0.1) is 0 Å². The number of hydrogen-bond acceptors (Lipinski definition) is 4. The lowest BCUT2D eigenvalue weighted by Gasteiger charge is -2.28. The highest BCUT2D eigenvalue weighted by atomic mass is 32.2. The van der Waals surface area contributed by atoms with Crippen LogP contribution in [0, 0.1) is 31.0 Å². The van der Waals surface area contributed by atoms with Crippen LogP contribution in [0.15, 0.2) is 41.4 Å². The van der Waals surface area contributed by atoms with Gasteiger partial charge in [0.1, 0.15) is 11.9 Å². The number of anilines is 1. The van der Waals surface area contributed by atoms with Crippen molar-refractivity contribution >= 4 is 28.5 Å². The third-order valence-electron chi connectivity index (χ3n) is 5.05. The number of aromatic nitrogens is 1. The lowest BCUT2D eigenvalue weighted by Crippen LogP contribution is -2.30. The molecule has 0 bridgehead atoms. The van der Waals surface area contributed by atoms with Crippen LogP contribution in [0.1, 0.15) is 30.0 Å². The number of nitrogen functional groups attached to an aromatic ring is 1. The van der Waals surface area contributed by atoms with Gasteiger partial charge in [-0.3, -0.25) is 0 Å². The van der Waals surface area contributed by atoms with E-state index in [9.17, 15) is 9.65 Å². The summed E-state index contributed by atoms with van der Waals surface area (Å²) in [6.45, 7) is 6.80. The normalized spacial score (nSPS) is 12.5. The molecule has 1 heterocycles. The maximum atomic E-state index is 14.5. The van der Waals surface area contributed by atoms with Crippen LogP contribution in [0.3, 0.4) is 0 Å². The van der Waals surface area contributed by atoms with Crippen molar-refractivity contribution in [2.45, 2.75) is 44.7 Å². The highest BCUT2D eigenvalue weighted by molar-refractivity contribution is 7.97. The van der Waals surface area contributed by atoms with Crippen molar-refractivity contribution in [1.29, 1.82) is 5.26 Å². The van der Waals surface area contributed by atoms with Crippen LogP contribution >= 0.6 is 11.9 Å². The average molecular weight is 397 g/mol. The Kier molecular flexibility index (Phi) is 5.97. The van der Waals surface area contributed by atoms with Gasteiger partial charge in [-0.1, -0.05) is 25.1 Å². The SMILES string of the molecule is CC[C@@H](Cn1cc(C#N)c2cccc(F)c21)N(C)Sc1c(C)cc(C)cc1N. The number of halogens is 1. The maximum Gasteiger partial charge on any atom is 0.147 e. The van der Waals surface area contributed by atoms with Gasteiger partial charge in [0.05, 0.1) is 11.1 Å². The van der Waals surface area contributed by atoms with E-state index in [0.717, 1.165) is 28.1 Å². The first-order valence-electron chi connectivity index (χ1n) is 9.30. The molecule has 0 aliphatic heterocycles. The zero-order chi connectivity index (χ0) is 20.4. The van der Waals surface area contributed by atoms with E-state index in [1.807, 2.05) is 24.6 Å². The molecule has 0 radical (unpaired) electrons. The lowest BCUT2D eigenvalue weighted by atomic mass is 10.1. The van der Waals surface area contributed by atoms with E-state index in [4.69, 9.17) is 5.73 Å². The molecule has 146 valence electrons. The predicted molar refractivity (Wildman–Crippen MR) is 115 cm³/mol. The topological polar surface area (TPSA) is 58.0 Å². The van der Waals surface area contributed by atoms with Crippen LogP contribution in [0.4, 0.5) is 10.1 Å². The summed E-state index contributed by atoms with van der Waals surface area (Å²) in [6.07, 6.45) is 2.63. The van der Waals surface area contributed by atoms with Gasteiger partial charge in [0.25, 0.3) is 0 Å². The Morgan fingerprint density at radius 2 is 2.07 bits per heavy atom. The standard InChI is InChI=1S/C22H25FN4S/c1-5-17(26(4)28-22-15(3)9-14(2)10-20(22)25)13-27-12-16(11-24)18-7-6-8-19(23)21(18)27/h6-10,12,17H,5,13,25H2,1-4H3/t17-/m0/s1. The smallest absolute Gasteiger partial charge is 0.147 e. The first-order chi connectivity index (χ1) is 13.3. The molecule has 0 aliphatic rings. The second-order valence-electron chi connectivity index (χ2n) is 7.14. The number of hydrogen-bond donors (Lipinski definition) is 1. The largest absolute Gasteiger partial charge is 0.398 e. The molecule has 2 N–H and O–H groups in total. The molecule has 0 amide bonds. The number of nitrogens with zero attached hydrogens (tertiary/aromatic N) is 3. The van der Waals surface area contributed by atoms with Crippen LogP contribution in [-0.4, -0.2) is 22.0 Å². The molecule has 0 fully saturated rings. The van der Waals surface area contributed by atoms with Gasteiger partial charge in [0.15, 0.2) is 0 Å². The third kappa shape index (κ3) is 3.87. The van der Waals surface area contributed by atoms with Gasteiger partial charge in [-0.25, -0.2) is 8.70 Å². The van der Waals surface area contributed by atoms with Crippen LogP contribution in [0.5, 0.6) is 0 Å². The van der Waals surface area contributed by atoms with E-state index in [1.165, 1.54) is 6.07 Å². The first kappa shape index (κ1) is 20.2. The van der Waals surface area contributed by atoms with E-state index < -0.39 is 0 Å². The van der Waals surface area contributed by atoms with Gasteiger partial charge >= 0.3 is 0 Å². The van der Waals surface area contributed by atoms with Crippen molar-refractivity contribution in [1.82, 2.24) is 8.87 Å². The molecule has 1 aromatic heterocycles. The Morgan fingerprint density at radius 3 is 2.71 bits per heavy atom. The van der Waals surface area contributed by atoms with E-state index in [1.54, 1.807) is 30.3 Å². The minimum Gasteiger partial charge on any atom is -0.398 e. The molecule has 3 rings (SSSR count). The number of aryl methyl sites for hydroxylation is 2. The third-order valence-corrected chi connectivity index (χ3v) is 6.37. The lowest BCUT2D eigenvalue weighted by molar-refractivity contribution is 0.353. The van der Waals surface area contributed by atoms with Gasteiger partial charge in [-0.05, 0) is 62.5 Å². The van der Waals surface area contributed by atoms with Crippen LogP contribution < -0.4 is 5.73 Å². The summed E-state index contributed by atoms with van der Waals surface area (Å²) in [7, 11) is 2.03. The van der Waals surface area contributed by atoms with Gasteiger partial charge in [0.2, 0.25) is 0 Å². The Bertz CT molecular complexity index is 1030. The second-order valence-corrected chi connectivity index (χ2v) is 8.31. The van der Waals surface area contributed by atoms with Gasteiger partial charge in [-0.2, -0.15) is 5.26 Å². The molecule has 2 aromatic carbocycles. The zero-order valence-electron chi connectivity index (χ0n) is 16.7. The summed E-state index contributed by atoms with van der Waals surface area (Å²) in [5, 5.41) is 10.1. The molecule has 0 saturated carbocycles. The molecule has 0 aliphatic carbocycles. The number of rotatable bonds is 6. The average Bonchev–Trinajstić information content (AvgIpc) is 3.01. The summed E-state index contributed by atoms with van der Waals surface area (Å²) >= 11 is 1.62. The van der Waals surface area contributed by atoms with Crippen molar-refractivity contribution in [3.05, 3.63) is 59.0 Å². The van der Waals surface area contributed by atoms with Gasteiger partial charge < -0.3 is 10.3 Å². The number of fused-ring (bicyclic) bond motifs is 1. The van der Waals surface area contributed by atoms with Crippen LogP contribution in [0.25, 0.3) is 10.9 Å². The Labute approximate surface area is 169 Å². The molecular formula is C22H25FN4S. The molecule has 0 saturated heterocycles. The minimum atomic E-state index is -0.303. The summed E-state index contributed by atoms with van der Waals surface area (Å²) in [5.41, 5.74) is 10.3. The van der Waals surface area contributed by atoms with Crippen LogP contribution in [-0.2, 0) is 6.54 Å². The van der Waals surface area contributed by atoms with Crippen molar-refractivity contribution < 1.29 is 4.39 Å². The summed E-state index contributed by atoms with van der Waals surface area (Å²) in [5.74, 6) is -0.303. The zero-order valence-corrected chi connectivity index (χ0v) is 17.5. The van der Waals surface area contributed by atoms with Crippen molar-refractivity contribution in [3.63, 3.8) is 0 Å². The molecule has 0 spiro atoms. The van der Waals surface area contributed by atoms with E-state index in [2.05, 4.69) is 30.3 Å². The number of benzene rings is 2. The van der Waals surface area contributed by atoms with Gasteiger partial charge in [0, 0.05) is 34.8 Å². The maximum absolute atomic E-state index is 14.5. The summed E-state index contributed by atoms with van der Waals surface area (Å²) in [4.78, 5) is 1.05. The molecule has 4 nitrogen and oxygen atoms in total. The van der Waals surface area contributed by atoms with E-state index >= 15 is 0 Å². The Morgan fingerprint density at radius 1 is 1.32 bits per heavy atom.